The lowest BCUT2D eigenvalue weighted by atomic mass is 9.70. The van der Waals surface area contributed by atoms with Crippen LogP contribution in [0.15, 0.2) is 30.3 Å². The summed E-state index contributed by atoms with van der Waals surface area (Å²) in [6.45, 7) is 11.1. The monoisotopic (exact) mass is 285 g/mol. The Morgan fingerprint density at radius 2 is 1.86 bits per heavy atom. The Kier molecular flexibility index (Phi) is 4.27. The van der Waals surface area contributed by atoms with Crippen LogP contribution in [-0.4, -0.2) is 12.5 Å². The van der Waals surface area contributed by atoms with Crippen LogP contribution < -0.4 is 5.32 Å². The first-order chi connectivity index (χ1) is 9.72. The summed E-state index contributed by atoms with van der Waals surface area (Å²) < 4.78 is 0. The number of nitrogens with one attached hydrogen (secondary N) is 1. The topological polar surface area (TPSA) is 29.1 Å². The van der Waals surface area contributed by atoms with E-state index in [1.54, 1.807) is 0 Å². The van der Waals surface area contributed by atoms with Gasteiger partial charge < -0.3 is 5.32 Å². The fraction of sp³-hybridized carbons (Fsp3) is 0.526. The second kappa shape index (κ2) is 5.67. The summed E-state index contributed by atoms with van der Waals surface area (Å²) in [6.07, 6.45) is 5.49. The van der Waals surface area contributed by atoms with Crippen molar-refractivity contribution in [1.29, 1.82) is 0 Å². The van der Waals surface area contributed by atoms with Crippen LogP contribution in [0.5, 0.6) is 0 Å². The van der Waals surface area contributed by atoms with E-state index in [0.29, 0.717) is 12.5 Å². The number of carbonyl (C=O) groups is 1. The van der Waals surface area contributed by atoms with E-state index < -0.39 is 0 Å². The fourth-order valence-electron chi connectivity index (χ4n) is 2.87. The zero-order valence-electron chi connectivity index (χ0n) is 13.9. The van der Waals surface area contributed by atoms with Crippen LogP contribution >= 0.6 is 0 Å². The van der Waals surface area contributed by atoms with Crippen molar-refractivity contribution in [2.24, 2.45) is 10.8 Å². The Morgan fingerprint density at radius 3 is 2.52 bits per heavy atom. The van der Waals surface area contributed by atoms with Crippen molar-refractivity contribution in [3.63, 3.8) is 0 Å². The second-order valence-corrected chi connectivity index (χ2v) is 7.74. The molecule has 0 heterocycles. The van der Waals surface area contributed by atoms with Crippen LogP contribution in [0.1, 0.15) is 58.1 Å². The normalized spacial score (nSPS) is 18.2. The van der Waals surface area contributed by atoms with Gasteiger partial charge in [0, 0.05) is 12.0 Å². The molecular formula is C19H27NO. The van der Waals surface area contributed by atoms with E-state index in [1.165, 1.54) is 11.1 Å². The van der Waals surface area contributed by atoms with Crippen molar-refractivity contribution < 1.29 is 4.79 Å². The number of fused-ring (bicyclic) bond motifs is 1. The molecule has 0 aromatic heterocycles. The van der Waals surface area contributed by atoms with Gasteiger partial charge in [-0.25, -0.2) is 0 Å². The third-order valence-electron chi connectivity index (χ3n) is 4.37. The molecule has 114 valence electrons. The largest absolute Gasteiger partial charge is 0.355 e. The van der Waals surface area contributed by atoms with Gasteiger partial charge in [0.15, 0.2) is 0 Å². The minimum absolute atomic E-state index is 0.0295. The lowest BCUT2D eigenvalue weighted by Crippen LogP contribution is -2.42. The number of amides is 1. The van der Waals surface area contributed by atoms with Crippen LogP contribution in [0.4, 0.5) is 0 Å². The predicted octanol–water partition coefficient (Wildman–Crippen LogP) is 4.38. The molecule has 0 spiro atoms. The zero-order valence-corrected chi connectivity index (χ0v) is 13.9. The molecule has 21 heavy (non-hydrogen) atoms. The summed E-state index contributed by atoms with van der Waals surface area (Å²) in [5.74, 6) is 0.564. The predicted molar refractivity (Wildman–Crippen MR) is 89.1 cm³/mol. The number of hydrogen-bond donors (Lipinski definition) is 1. The van der Waals surface area contributed by atoms with Crippen molar-refractivity contribution in [1.82, 2.24) is 5.32 Å². The Morgan fingerprint density at radius 1 is 1.19 bits per heavy atom. The minimum atomic E-state index is -0.333. The molecule has 1 aliphatic carbocycles. The third-order valence-corrected chi connectivity index (χ3v) is 4.37. The van der Waals surface area contributed by atoms with E-state index in [2.05, 4.69) is 55.6 Å². The molecule has 2 heteroatoms. The van der Waals surface area contributed by atoms with Crippen molar-refractivity contribution >= 4 is 12.0 Å². The van der Waals surface area contributed by atoms with Gasteiger partial charge in [0.2, 0.25) is 5.91 Å². The quantitative estimate of drug-likeness (QED) is 0.877. The van der Waals surface area contributed by atoms with Gasteiger partial charge in [0.25, 0.3) is 0 Å². The highest BCUT2D eigenvalue weighted by Crippen LogP contribution is 2.42. The molecule has 1 aromatic rings. The molecule has 0 bridgehead atoms. The summed E-state index contributed by atoms with van der Waals surface area (Å²) in [7, 11) is 0. The first kappa shape index (κ1) is 15.8. The van der Waals surface area contributed by atoms with Gasteiger partial charge in [-0.05, 0) is 28.9 Å². The SMILES string of the molecule is CC(C)(C)C(=O)NCC(C)(C)C1CC=Cc2ccccc21. The molecule has 1 aliphatic rings. The van der Waals surface area contributed by atoms with Gasteiger partial charge in [-0.2, -0.15) is 0 Å². The number of hydrogen-bond acceptors (Lipinski definition) is 1. The lowest BCUT2D eigenvalue weighted by molar-refractivity contribution is -0.129. The van der Waals surface area contributed by atoms with Gasteiger partial charge in [-0.1, -0.05) is 71.0 Å². The van der Waals surface area contributed by atoms with Crippen molar-refractivity contribution in [3.05, 3.63) is 41.5 Å². The molecule has 2 rings (SSSR count). The van der Waals surface area contributed by atoms with E-state index in [4.69, 9.17) is 0 Å². The Labute approximate surface area is 128 Å². The highest BCUT2D eigenvalue weighted by molar-refractivity contribution is 5.81. The maximum absolute atomic E-state index is 12.1. The summed E-state index contributed by atoms with van der Waals surface area (Å²) in [6, 6.07) is 8.58. The Hall–Kier alpha value is -1.57. The van der Waals surface area contributed by atoms with E-state index in [1.807, 2.05) is 20.8 Å². The van der Waals surface area contributed by atoms with Gasteiger partial charge in [0.1, 0.15) is 0 Å². The molecule has 1 N–H and O–H groups in total. The highest BCUT2D eigenvalue weighted by atomic mass is 16.2. The molecule has 1 unspecified atom stereocenters. The number of allylic oxidation sites excluding steroid dienone is 1. The van der Waals surface area contributed by atoms with Gasteiger partial charge in [0.05, 0.1) is 0 Å². The number of benzene rings is 1. The van der Waals surface area contributed by atoms with Crippen LogP contribution in [0.2, 0.25) is 0 Å². The number of carbonyl (C=O) groups excluding carboxylic acids is 1. The van der Waals surface area contributed by atoms with Crippen LogP contribution in [0.25, 0.3) is 6.08 Å². The smallest absolute Gasteiger partial charge is 0.225 e. The molecule has 0 saturated carbocycles. The molecule has 1 atom stereocenters. The summed E-state index contributed by atoms with van der Waals surface area (Å²) in [5.41, 5.74) is 2.40. The molecule has 0 aliphatic heterocycles. The molecular weight excluding hydrogens is 258 g/mol. The average Bonchev–Trinajstić information content (AvgIpc) is 2.43. The van der Waals surface area contributed by atoms with Gasteiger partial charge in [-0.3, -0.25) is 4.79 Å². The molecule has 0 radical (unpaired) electrons. The molecule has 2 nitrogen and oxygen atoms in total. The molecule has 1 amide bonds. The Balaban J connectivity index is 2.14. The van der Waals surface area contributed by atoms with E-state index in [0.717, 1.165) is 6.42 Å². The Bertz CT molecular complexity index is 549. The summed E-state index contributed by atoms with van der Waals surface area (Å²) in [4.78, 5) is 12.1. The highest BCUT2D eigenvalue weighted by Gasteiger charge is 2.33. The van der Waals surface area contributed by atoms with Crippen molar-refractivity contribution in [2.45, 2.75) is 47.0 Å². The van der Waals surface area contributed by atoms with Crippen LogP contribution in [0, 0.1) is 10.8 Å². The molecule has 0 fully saturated rings. The second-order valence-electron chi connectivity index (χ2n) is 7.74. The summed E-state index contributed by atoms with van der Waals surface area (Å²) >= 11 is 0. The van der Waals surface area contributed by atoms with Crippen molar-refractivity contribution in [2.75, 3.05) is 6.54 Å². The van der Waals surface area contributed by atoms with Crippen molar-refractivity contribution in [3.8, 4) is 0 Å². The minimum Gasteiger partial charge on any atom is -0.355 e. The maximum Gasteiger partial charge on any atom is 0.225 e. The average molecular weight is 285 g/mol. The first-order valence-electron chi connectivity index (χ1n) is 7.75. The van der Waals surface area contributed by atoms with Gasteiger partial charge in [-0.15, -0.1) is 0 Å². The third kappa shape index (κ3) is 3.55. The first-order valence-corrected chi connectivity index (χ1v) is 7.75. The van der Waals surface area contributed by atoms with Crippen LogP contribution in [-0.2, 0) is 4.79 Å². The number of rotatable bonds is 3. The van der Waals surface area contributed by atoms with Gasteiger partial charge >= 0.3 is 0 Å². The fourth-order valence-corrected chi connectivity index (χ4v) is 2.87. The maximum atomic E-state index is 12.1. The van der Waals surface area contributed by atoms with E-state index in [9.17, 15) is 4.79 Å². The zero-order chi connectivity index (χ0) is 15.7. The standard InChI is InChI=1S/C19H27NO/c1-18(2,3)17(21)20-13-19(4,5)16-12-8-10-14-9-6-7-11-15(14)16/h6-11,16H,12-13H2,1-5H3,(H,20,21). The van der Waals surface area contributed by atoms with E-state index >= 15 is 0 Å². The van der Waals surface area contributed by atoms with Crippen LogP contribution in [0.3, 0.4) is 0 Å². The van der Waals surface area contributed by atoms with E-state index in [-0.39, 0.29) is 16.7 Å². The molecule has 1 aromatic carbocycles. The molecule has 0 saturated heterocycles. The summed E-state index contributed by atoms with van der Waals surface area (Å²) in [5, 5.41) is 3.13. The lowest BCUT2D eigenvalue weighted by Gasteiger charge is -2.37.